The quantitative estimate of drug-likeness (QED) is 0.704. The van der Waals surface area contributed by atoms with Gasteiger partial charge >= 0.3 is 6.18 Å². The molecule has 0 amide bonds. The number of rotatable bonds is 3. The number of aromatic nitrogens is 3. The largest absolute Gasteiger partial charge is 0.433 e. The minimum atomic E-state index is -4.41. The summed E-state index contributed by atoms with van der Waals surface area (Å²) in [6.45, 7) is 3.48. The molecule has 0 aliphatic carbocycles. The topological polar surface area (TPSA) is 45.2 Å². The Bertz CT molecular complexity index is 936. The van der Waals surface area contributed by atoms with E-state index in [1.54, 1.807) is 12.3 Å². The zero-order valence-corrected chi connectivity index (χ0v) is 14.5. The molecule has 3 aromatic rings. The monoisotopic (exact) mass is 373 g/mol. The molecule has 0 radical (unpaired) electrons. The van der Waals surface area contributed by atoms with Crippen molar-refractivity contribution in [1.29, 1.82) is 0 Å². The van der Waals surface area contributed by atoms with Crippen LogP contribution in [0.15, 0.2) is 48.8 Å². The van der Waals surface area contributed by atoms with Gasteiger partial charge in [0.25, 0.3) is 0 Å². The van der Waals surface area contributed by atoms with Crippen molar-refractivity contribution in [2.75, 3.05) is 31.1 Å². The van der Waals surface area contributed by atoms with Crippen molar-refractivity contribution < 1.29 is 13.2 Å². The number of piperazine rings is 1. The van der Waals surface area contributed by atoms with E-state index in [-0.39, 0.29) is 0 Å². The van der Waals surface area contributed by atoms with Gasteiger partial charge in [-0.05, 0) is 29.8 Å². The minimum absolute atomic E-state index is 0.475. The number of pyridine rings is 1. The fourth-order valence-corrected chi connectivity index (χ4v) is 3.22. The molecule has 1 fully saturated rings. The zero-order valence-electron chi connectivity index (χ0n) is 14.5. The van der Waals surface area contributed by atoms with E-state index in [0.717, 1.165) is 49.1 Å². The number of halogens is 3. The Labute approximate surface area is 154 Å². The van der Waals surface area contributed by atoms with E-state index in [2.05, 4.69) is 24.8 Å². The van der Waals surface area contributed by atoms with Crippen LogP contribution in [0.1, 0.15) is 11.3 Å². The lowest BCUT2D eigenvalue weighted by molar-refractivity contribution is -0.141. The summed E-state index contributed by atoms with van der Waals surface area (Å²) < 4.78 is 38.4. The number of para-hydroxylation sites is 2. The summed E-state index contributed by atoms with van der Waals surface area (Å²) in [5, 5.41) is 0. The third-order valence-electron chi connectivity index (χ3n) is 4.65. The first-order valence-electron chi connectivity index (χ1n) is 8.70. The molecule has 0 unspecified atom stereocenters. The summed E-state index contributed by atoms with van der Waals surface area (Å²) in [6.07, 6.45) is -1.42. The van der Waals surface area contributed by atoms with Crippen molar-refractivity contribution in [1.82, 2.24) is 19.9 Å². The normalized spacial score (nSPS) is 16.0. The molecule has 5 nitrogen and oxygen atoms in total. The van der Waals surface area contributed by atoms with Crippen molar-refractivity contribution in [2.24, 2.45) is 0 Å². The maximum Gasteiger partial charge on any atom is 0.433 e. The van der Waals surface area contributed by atoms with Crippen molar-refractivity contribution in [2.45, 2.75) is 12.7 Å². The second-order valence-electron chi connectivity index (χ2n) is 6.53. The number of anilines is 1. The Hall–Kier alpha value is -2.74. The van der Waals surface area contributed by atoms with Gasteiger partial charge in [-0.3, -0.25) is 14.9 Å². The third kappa shape index (κ3) is 4.00. The number of alkyl halides is 3. The summed E-state index contributed by atoms with van der Waals surface area (Å²) in [5.41, 5.74) is 1.49. The first kappa shape index (κ1) is 17.7. The number of nitrogens with zero attached hydrogens (tertiary/aromatic N) is 5. The first-order valence-corrected chi connectivity index (χ1v) is 8.70. The molecule has 0 saturated carbocycles. The van der Waals surface area contributed by atoms with Gasteiger partial charge in [-0.15, -0.1) is 0 Å². The van der Waals surface area contributed by atoms with Crippen LogP contribution < -0.4 is 4.90 Å². The molecule has 1 aromatic carbocycles. The Morgan fingerprint density at radius 3 is 2.41 bits per heavy atom. The highest BCUT2D eigenvalue weighted by Gasteiger charge is 2.32. The molecule has 2 aromatic heterocycles. The minimum Gasteiger partial charge on any atom is -0.353 e. The van der Waals surface area contributed by atoms with Crippen LogP contribution in [0.4, 0.5) is 19.0 Å². The average molecular weight is 373 g/mol. The zero-order chi connectivity index (χ0) is 18.9. The van der Waals surface area contributed by atoms with E-state index >= 15 is 0 Å². The first-order chi connectivity index (χ1) is 13.0. The van der Waals surface area contributed by atoms with Crippen LogP contribution >= 0.6 is 0 Å². The van der Waals surface area contributed by atoms with Gasteiger partial charge in [0, 0.05) is 38.9 Å². The Kier molecular flexibility index (Phi) is 4.65. The highest BCUT2D eigenvalue weighted by atomic mass is 19.4. The summed E-state index contributed by atoms with van der Waals surface area (Å²) in [7, 11) is 0. The Balaban J connectivity index is 1.40. The number of fused-ring (bicyclic) bond motifs is 1. The maximum atomic E-state index is 12.8. The molecule has 8 heteroatoms. The molecule has 0 spiro atoms. The van der Waals surface area contributed by atoms with Gasteiger partial charge in [0.2, 0.25) is 0 Å². The highest BCUT2D eigenvalue weighted by Crippen LogP contribution is 2.28. The van der Waals surface area contributed by atoms with E-state index < -0.39 is 11.9 Å². The molecule has 1 aliphatic rings. The van der Waals surface area contributed by atoms with Crippen molar-refractivity contribution in [3.63, 3.8) is 0 Å². The summed E-state index contributed by atoms with van der Waals surface area (Å²) in [5.74, 6) is 0.830. The molecule has 1 aliphatic heterocycles. The van der Waals surface area contributed by atoms with Crippen LogP contribution in [-0.2, 0) is 12.7 Å². The highest BCUT2D eigenvalue weighted by molar-refractivity contribution is 5.75. The second kappa shape index (κ2) is 7.11. The predicted molar refractivity (Wildman–Crippen MR) is 96.3 cm³/mol. The van der Waals surface area contributed by atoms with Crippen LogP contribution in [0.25, 0.3) is 11.0 Å². The lowest BCUT2D eigenvalue weighted by Crippen LogP contribution is -2.46. The molecule has 3 heterocycles. The molecule has 27 heavy (non-hydrogen) atoms. The number of hydrogen-bond acceptors (Lipinski definition) is 5. The molecule has 0 bridgehead atoms. The number of hydrogen-bond donors (Lipinski definition) is 0. The van der Waals surface area contributed by atoms with Crippen LogP contribution in [0, 0.1) is 0 Å². The van der Waals surface area contributed by atoms with E-state index in [1.807, 2.05) is 24.3 Å². The molecular formula is C19H18F3N5. The SMILES string of the molecule is FC(F)(F)c1cc(CN2CCN(c3cnc4ccccc4n3)CC2)ccn1. The van der Waals surface area contributed by atoms with Crippen molar-refractivity contribution in [3.05, 3.63) is 60.0 Å². The molecular weight excluding hydrogens is 355 g/mol. The number of benzene rings is 1. The van der Waals surface area contributed by atoms with Crippen LogP contribution in [0.3, 0.4) is 0 Å². The van der Waals surface area contributed by atoms with Gasteiger partial charge in [0.1, 0.15) is 11.5 Å². The van der Waals surface area contributed by atoms with Crippen LogP contribution in [-0.4, -0.2) is 46.0 Å². The van der Waals surface area contributed by atoms with Crippen molar-refractivity contribution >= 4 is 16.9 Å². The van der Waals surface area contributed by atoms with E-state index in [1.165, 1.54) is 6.20 Å². The summed E-state index contributed by atoms with van der Waals surface area (Å²) in [6, 6.07) is 10.5. The van der Waals surface area contributed by atoms with Crippen LogP contribution in [0.2, 0.25) is 0 Å². The fraction of sp³-hybridized carbons (Fsp3) is 0.316. The maximum absolute atomic E-state index is 12.8. The van der Waals surface area contributed by atoms with Gasteiger partial charge in [0.05, 0.1) is 17.2 Å². The van der Waals surface area contributed by atoms with Crippen molar-refractivity contribution in [3.8, 4) is 0 Å². The Morgan fingerprint density at radius 1 is 0.926 bits per heavy atom. The molecule has 1 saturated heterocycles. The average Bonchev–Trinajstić information content (AvgIpc) is 2.68. The van der Waals surface area contributed by atoms with Gasteiger partial charge < -0.3 is 4.90 Å². The summed E-state index contributed by atoms with van der Waals surface area (Å²) in [4.78, 5) is 16.8. The molecule has 0 N–H and O–H groups in total. The fourth-order valence-electron chi connectivity index (χ4n) is 3.22. The summed E-state index contributed by atoms with van der Waals surface area (Å²) >= 11 is 0. The van der Waals surface area contributed by atoms with E-state index in [4.69, 9.17) is 0 Å². The lowest BCUT2D eigenvalue weighted by Gasteiger charge is -2.35. The van der Waals surface area contributed by atoms with E-state index in [0.29, 0.717) is 12.1 Å². The predicted octanol–water partition coefficient (Wildman–Crippen LogP) is 3.37. The van der Waals surface area contributed by atoms with Gasteiger partial charge in [-0.25, -0.2) is 4.98 Å². The molecule has 0 atom stereocenters. The van der Waals surface area contributed by atoms with Crippen LogP contribution in [0.5, 0.6) is 0 Å². The molecule has 4 rings (SSSR count). The second-order valence-corrected chi connectivity index (χ2v) is 6.53. The standard InChI is InChI=1S/C19H18F3N5/c20-19(21,22)17-11-14(5-6-23-17)13-26-7-9-27(10-8-26)18-12-24-15-3-1-2-4-16(15)25-18/h1-6,11-12H,7-10,13H2. The van der Waals surface area contributed by atoms with Gasteiger partial charge in [0.15, 0.2) is 0 Å². The lowest BCUT2D eigenvalue weighted by atomic mass is 10.2. The Morgan fingerprint density at radius 2 is 1.67 bits per heavy atom. The smallest absolute Gasteiger partial charge is 0.353 e. The van der Waals surface area contributed by atoms with E-state index in [9.17, 15) is 13.2 Å². The van der Waals surface area contributed by atoms with Gasteiger partial charge in [-0.1, -0.05) is 12.1 Å². The third-order valence-corrected chi connectivity index (χ3v) is 4.65. The van der Waals surface area contributed by atoms with Gasteiger partial charge in [-0.2, -0.15) is 13.2 Å². The molecule has 140 valence electrons.